The number of nitrogens with zero attached hydrogens (tertiary/aromatic N) is 1. The van der Waals surface area contributed by atoms with Crippen LogP contribution in [0.25, 0.3) is 0 Å². The quantitative estimate of drug-likeness (QED) is 0.725. The molecule has 0 aromatic rings. The number of hydrogen-bond acceptors (Lipinski definition) is 2. The minimum atomic E-state index is -0.292. The SMILES string of the molecule is C=C(C)[C@H](C)C(=O)N1CCC[C@H]1C(=O)NC. The van der Waals surface area contributed by atoms with Crippen molar-refractivity contribution in [3.8, 4) is 0 Å². The second-order valence-corrected chi connectivity index (χ2v) is 4.37. The van der Waals surface area contributed by atoms with Crippen molar-refractivity contribution in [3.63, 3.8) is 0 Å². The summed E-state index contributed by atoms with van der Waals surface area (Å²) in [4.78, 5) is 25.4. The van der Waals surface area contributed by atoms with Crippen LogP contribution in [-0.2, 0) is 9.59 Å². The third-order valence-electron chi connectivity index (χ3n) is 3.19. The van der Waals surface area contributed by atoms with Crippen LogP contribution in [0.15, 0.2) is 12.2 Å². The van der Waals surface area contributed by atoms with Crippen LogP contribution in [0, 0.1) is 5.92 Å². The van der Waals surface area contributed by atoms with Crippen molar-refractivity contribution >= 4 is 11.8 Å². The van der Waals surface area contributed by atoms with Crippen LogP contribution in [-0.4, -0.2) is 36.3 Å². The van der Waals surface area contributed by atoms with E-state index < -0.39 is 0 Å². The molecule has 0 spiro atoms. The summed E-state index contributed by atoms with van der Waals surface area (Å²) in [6.07, 6.45) is 1.65. The summed E-state index contributed by atoms with van der Waals surface area (Å²) in [5.74, 6) is -0.261. The molecule has 0 unspecified atom stereocenters. The van der Waals surface area contributed by atoms with E-state index >= 15 is 0 Å². The summed E-state index contributed by atoms with van der Waals surface area (Å²) in [7, 11) is 1.60. The maximum absolute atomic E-state index is 12.1. The smallest absolute Gasteiger partial charge is 0.242 e. The molecule has 2 amide bonds. The maximum atomic E-state index is 12.1. The van der Waals surface area contributed by atoms with Gasteiger partial charge in [0.25, 0.3) is 0 Å². The third kappa shape index (κ3) is 2.43. The number of rotatable bonds is 3. The number of likely N-dealkylation sites (N-methyl/N-ethyl adjacent to an activating group) is 1. The van der Waals surface area contributed by atoms with E-state index in [-0.39, 0.29) is 23.8 Å². The van der Waals surface area contributed by atoms with Gasteiger partial charge < -0.3 is 10.2 Å². The molecule has 0 aromatic carbocycles. The zero-order chi connectivity index (χ0) is 12.3. The first-order valence-electron chi connectivity index (χ1n) is 5.66. The average molecular weight is 224 g/mol. The summed E-state index contributed by atoms with van der Waals surface area (Å²) in [5, 5.41) is 2.60. The van der Waals surface area contributed by atoms with Crippen molar-refractivity contribution in [1.82, 2.24) is 10.2 Å². The van der Waals surface area contributed by atoms with Gasteiger partial charge in [-0.05, 0) is 26.7 Å². The maximum Gasteiger partial charge on any atom is 0.242 e. The zero-order valence-electron chi connectivity index (χ0n) is 10.2. The zero-order valence-corrected chi connectivity index (χ0v) is 10.2. The van der Waals surface area contributed by atoms with Crippen LogP contribution in [0.4, 0.5) is 0 Å². The highest BCUT2D eigenvalue weighted by Crippen LogP contribution is 2.22. The topological polar surface area (TPSA) is 49.4 Å². The molecule has 16 heavy (non-hydrogen) atoms. The number of carbonyl (C=O) groups excluding carboxylic acids is 2. The fourth-order valence-corrected chi connectivity index (χ4v) is 1.93. The van der Waals surface area contributed by atoms with E-state index in [2.05, 4.69) is 11.9 Å². The van der Waals surface area contributed by atoms with E-state index in [1.54, 1.807) is 11.9 Å². The first kappa shape index (κ1) is 12.7. The van der Waals surface area contributed by atoms with Gasteiger partial charge in [-0.25, -0.2) is 0 Å². The van der Waals surface area contributed by atoms with Crippen LogP contribution in [0.5, 0.6) is 0 Å². The van der Waals surface area contributed by atoms with Crippen molar-refractivity contribution in [3.05, 3.63) is 12.2 Å². The largest absolute Gasteiger partial charge is 0.357 e. The molecule has 90 valence electrons. The number of hydrogen-bond donors (Lipinski definition) is 1. The fourth-order valence-electron chi connectivity index (χ4n) is 1.93. The van der Waals surface area contributed by atoms with E-state index in [1.807, 2.05) is 13.8 Å². The lowest BCUT2D eigenvalue weighted by Gasteiger charge is -2.26. The second-order valence-electron chi connectivity index (χ2n) is 4.37. The molecular weight excluding hydrogens is 204 g/mol. The van der Waals surface area contributed by atoms with Crippen molar-refractivity contribution in [1.29, 1.82) is 0 Å². The Balaban J connectivity index is 2.75. The van der Waals surface area contributed by atoms with Gasteiger partial charge >= 0.3 is 0 Å². The van der Waals surface area contributed by atoms with E-state index in [9.17, 15) is 9.59 Å². The van der Waals surface area contributed by atoms with Crippen LogP contribution in [0.3, 0.4) is 0 Å². The molecule has 2 atom stereocenters. The number of carbonyl (C=O) groups is 2. The van der Waals surface area contributed by atoms with Crippen LogP contribution in [0.1, 0.15) is 26.7 Å². The Hall–Kier alpha value is -1.32. The molecule has 4 heteroatoms. The van der Waals surface area contributed by atoms with Crippen LogP contribution in [0.2, 0.25) is 0 Å². The molecule has 0 bridgehead atoms. The van der Waals surface area contributed by atoms with Crippen molar-refractivity contribution < 1.29 is 9.59 Å². The van der Waals surface area contributed by atoms with Gasteiger partial charge in [0, 0.05) is 13.6 Å². The van der Waals surface area contributed by atoms with Crippen molar-refractivity contribution in [2.45, 2.75) is 32.7 Å². The minimum absolute atomic E-state index is 0.0126. The van der Waals surface area contributed by atoms with Gasteiger partial charge in [0.1, 0.15) is 6.04 Å². The molecule has 1 rings (SSSR count). The van der Waals surface area contributed by atoms with Crippen LogP contribution >= 0.6 is 0 Å². The minimum Gasteiger partial charge on any atom is -0.357 e. The van der Waals surface area contributed by atoms with Gasteiger partial charge in [-0.2, -0.15) is 0 Å². The Labute approximate surface area is 96.7 Å². The number of amides is 2. The van der Waals surface area contributed by atoms with E-state index in [1.165, 1.54) is 0 Å². The average Bonchev–Trinajstić information content (AvgIpc) is 2.74. The van der Waals surface area contributed by atoms with E-state index in [4.69, 9.17) is 0 Å². The molecule has 0 radical (unpaired) electrons. The molecule has 1 N–H and O–H groups in total. The Morgan fingerprint density at radius 3 is 2.62 bits per heavy atom. The molecule has 1 aliphatic heterocycles. The highest BCUT2D eigenvalue weighted by Gasteiger charge is 2.35. The van der Waals surface area contributed by atoms with Gasteiger partial charge in [-0.3, -0.25) is 9.59 Å². The normalized spacial score (nSPS) is 21.7. The monoisotopic (exact) mass is 224 g/mol. The third-order valence-corrected chi connectivity index (χ3v) is 3.19. The first-order valence-corrected chi connectivity index (χ1v) is 5.66. The van der Waals surface area contributed by atoms with Gasteiger partial charge in [0.05, 0.1) is 5.92 Å². The van der Waals surface area contributed by atoms with Crippen LogP contribution < -0.4 is 5.32 Å². The van der Waals surface area contributed by atoms with Gasteiger partial charge in [0.15, 0.2) is 0 Å². The highest BCUT2D eigenvalue weighted by atomic mass is 16.2. The lowest BCUT2D eigenvalue weighted by Crippen LogP contribution is -2.46. The number of likely N-dealkylation sites (tertiary alicyclic amines) is 1. The lowest BCUT2D eigenvalue weighted by molar-refractivity contribution is -0.140. The van der Waals surface area contributed by atoms with Gasteiger partial charge in [-0.1, -0.05) is 12.2 Å². The fraction of sp³-hybridized carbons (Fsp3) is 0.667. The first-order chi connectivity index (χ1) is 7.49. The predicted octanol–water partition coefficient (Wildman–Crippen LogP) is 0.936. The van der Waals surface area contributed by atoms with Gasteiger partial charge in [0.2, 0.25) is 11.8 Å². The second kappa shape index (κ2) is 5.14. The lowest BCUT2D eigenvalue weighted by atomic mass is 10.0. The Morgan fingerprint density at radius 2 is 2.12 bits per heavy atom. The summed E-state index contributed by atoms with van der Waals surface area (Å²) < 4.78 is 0. The molecule has 0 aromatic heterocycles. The molecule has 0 saturated carbocycles. The standard InChI is InChI=1S/C12H20N2O2/c1-8(2)9(3)12(16)14-7-5-6-10(14)11(15)13-4/h9-10H,1,5-7H2,2-4H3,(H,13,15)/t9-,10-/m0/s1. The van der Waals surface area contributed by atoms with Crippen molar-refractivity contribution in [2.24, 2.45) is 5.92 Å². The number of nitrogens with one attached hydrogen (secondary N) is 1. The summed E-state index contributed by atoms with van der Waals surface area (Å²) in [5.41, 5.74) is 0.840. The van der Waals surface area contributed by atoms with E-state index in [0.29, 0.717) is 6.54 Å². The summed E-state index contributed by atoms with van der Waals surface area (Å²) in [6, 6.07) is -0.292. The van der Waals surface area contributed by atoms with Gasteiger partial charge in [-0.15, -0.1) is 0 Å². The predicted molar refractivity (Wildman–Crippen MR) is 62.8 cm³/mol. The molecule has 0 aliphatic carbocycles. The van der Waals surface area contributed by atoms with Crippen molar-refractivity contribution in [2.75, 3.05) is 13.6 Å². The Bertz CT molecular complexity index is 312. The molecule has 4 nitrogen and oxygen atoms in total. The molecule has 1 heterocycles. The molecule has 1 fully saturated rings. The molecular formula is C12H20N2O2. The molecule has 1 saturated heterocycles. The summed E-state index contributed by atoms with van der Waals surface area (Å²) in [6.45, 7) is 8.14. The summed E-state index contributed by atoms with van der Waals surface area (Å²) >= 11 is 0. The Kier molecular flexibility index (Phi) is 4.10. The van der Waals surface area contributed by atoms with E-state index in [0.717, 1.165) is 18.4 Å². The Morgan fingerprint density at radius 1 is 1.50 bits per heavy atom. The molecule has 1 aliphatic rings. The highest BCUT2D eigenvalue weighted by molar-refractivity contribution is 5.89.